The summed E-state index contributed by atoms with van der Waals surface area (Å²) >= 11 is 0. The van der Waals surface area contributed by atoms with Crippen LogP contribution in [0.25, 0.3) is 0 Å². The number of anilines is 2. The summed E-state index contributed by atoms with van der Waals surface area (Å²) in [6.45, 7) is 3.09. The summed E-state index contributed by atoms with van der Waals surface area (Å²) in [6, 6.07) is 1.93. The lowest BCUT2D eigenvalue weighted by molar-refractivity contribution is 0.209. The second-order valence-electron chi connectivity index (χ2n) is 6.91. The molecule has 1 saturated heterocycles. The molecule has 3 heterocycles. The Labute approximate surface area is 147 Å². The molecule has 0 amide bonds. The molecule has 25 heavy (non-hydrogen) atoms. The number of rotatable bonds is 5. The van der Waals surface area contributed by atoms with E-state index in [2.05, 4.69) is 30.2 Å². The van der Waals surface area contributed by atoms with Crippen LogP contribution in [0.2, 0.25) is 0 Å². The largest absolute Gasteiger partial charge is 0.481 e. The molecule has 0 radical (unpaired) electrons. The first kappa shape index (κ1) is 16.1. The van der Waals surface area contributed by atoms with Crippen LogP contribution in [0.3, 0.4) is 0 Å². The molecule has 1 N–H and O–H groups in total. The zero-order valence-corrected chi connectivity index (χ0v) is 14.5. The predicted molar refractivity (Wildman–Crippen MR) is 95.6 cm³/mol. The fourth-order valence-corrected chi connectivity index (χ4v) is 4.27. The van der Waals surface area contributed by atoms with Crippen LogP contribution < -0.4 is 15.0 Å². The molecule has 1 saturated carbocycles. The van der Waals surface area contributed by atoms with Gasteiger partial charge in [-0.05, 0) is 30.6 Å². The van der Waals surface area contributed by atoms with Crippen LogP contribution in [-0.4, -0.2) is 46.7 Å². The van der Waals surface area contributed by atoms with Gasteiger partial charge >= 0.3 is 0 Å². The van der Waals surface area contributed by atoms with Crippen LogP contribution in [0.1, 0.15) is 19.3 Å². The molecule has 0 aromatic carbocycles. The number of fused-ring (bicyclic) bond motifs is 1. The van der Waals surface area contributed by atoms with Crippen molar-refractivity contribution >= 4 is 11.6 Å². The van der Waals surface area contributed by atoms with Gasteiger partial charge in [-0.1, -0.05) is 6.42 Å². The molecule has 2 aromatic rings. The van der Waals surface area contributed by atoms with Gasteiger partial charge < -0.3 is 15.0 Å². The highest BCUT2D eigenvalue weighted by Gasteiger charge is 2.40. The number of nitrogens with one attached hydrogen (secondary N) is 1. The molecule has 2 aliphatic rings. The molecule has 0 bridgehead atoms. The molecular formula is C18H24N6O. The summed E-state index contributed by atoms with van der Waals surface area (Å²) in [7, 11) is 1.64. The van der Waals surface area contributed by atoms with Gasteiger partial charge in [-0.15, -0.1) is 0 Å². The van der Waals surface area contributed by atoms with Crippen molar-refractivity contribution in [3.63, 3.8) is 0 Å². The lowest BCUT2D eigenvalue weighted by Crippen LogP contribution is -2.32. The molecule has 132 valence electrons. The molecule has 0 unspecified atom stereocenters. The van der Waals surface area contributed by atoms with Gasteiger partial charge in [-0.3, -0.25) is 4.98 Å². The Bertz CT molecular complexity index is 697. The van der Waals surface area contributed by atoms with E-state index >= 15 is 0 Å². The second-order valence-corrected chi connectivity index (χ2v) is 6.91. The Hall–Kier alpha value is -2.44. The van der Waals surface area contributed by atoms with Crippen molar-refractivity contribution in [2.75, 3.05) is 37.0 Å². The van der Waals surface area contributed by atoms with Gasteiger partial charge in [0, 0.05) is 38.1 Å². The smallest absolute Gasteiger partial charge is 0.218 e. The molecule has 3 atom stereocenters. The second kappa shape index (κ2) is 7.21. The lowest BCUT2D eigenvalue weighted by Gasteiger charge is -2.33. The topological polar surface area (TPSA) is 76.1 Å². The minimum absolute atomic E-state index is 0.626. The van der Waals surface area contributed by atoms with Crippen LogP contribution in [0, 0.1) is 17.8 Å². The fraction of sp³-hybridized carbons (Fsp3) is 0.556. The normalized spacial score (nSPS) is 25.5. The first-order valence-corrected chi connectivity index (χ1v) is 8.94. The van der Waals surface area contributed by atoms with Gasteiger partial charge in [-0.2, -0.15) is 0 Å². The van der Waals surface area contributed by atoms with E-state index in [4.69, 9.17) is 4.74 Å². The maximum Gasteiger partial charge on any atom is 0.218 e. The standard InChI is InChI=1S/C18H24N6O/c1-25-18-7-17(22-12-23-18)24-10-14-4-2-3-13(15(14)11-24)8-21-16-9-19-5-6-20-16/h5-7,9,12-15H,2-4,8,10-11H2,1H3,(H,20,21)/t13-,14+,15+/m1/s1. The zero-order valence-electron chi connectivity index (χ0n) is 14.5. The van der Waals surface area contributed by atoms with Crippen LogP contribution in [0.5, 0.6) is 5.88 Å². The summed E-state index contributed by atoms with van der Waals surface area (Å²) in [5.74, 6) is 4.55. The van der Waals surface area contributed by atoms with Crippen LogP contribution in [0.4, 0.5) is 11.6 Å². The Morgan fingerprint density at radius 3 is 3.00 bits per heavy atom. The number of hydrogen-bond acceptors (Lipinski definition) is 7. The van der Waals surface area contributed by atoms with E-state index in [-0.39, 0.29) is 0 Å². The minimum Gasteiger partial charge on any atom is -0.481 e. The van der Waals surface area contributed by atoms with Gasteiger partial charge in [0.1, 0.15) is 18.0 Å². The molecule has 7 nitrogen and oxygen atoms in total. The molecular weight excluding hydrogens is 316 g/mol. The summed E-state index contributed by atoms with van der Waals surface area (Å²) < 4.78 is 5.24. The van der Waals surface area contributed by atoms with Crippen LogP contribution in [0.15, 0.2) is 31.0 Å². The molecule has 0 spiro atoms. The van der Waals surface area contributed by atoms with Gasteiger partial charge in [0.05, 0.1) is 13.3 Å². The maximum absolute atomic E-state index is 5.24. The van der Waals surface area contributed by atoms with E-state index in [1.54, 1.807) is 32.0 Å². The highest BCUT2D eigenvalue weighted by Crippen LogP contribution is 2.41. The first-order chi connectivity index (χ1) is 12.3. The summed E-state index contributed by atoms with van der Waals surface area (Å²) in [6.07, 6.45) is 10.7. The monoisotopic (exact) mass is 340 g/mol. The summed E-state index contributed by atoms with van der Waals surface area (Å²) in [5, 5.41) is 3.46. The SMILES string of the molecule is COc1cc(N2C[C@@H]3CCC[C@H](CNc4cnccn4)[C@@H]3C2)ncn1. The van der Waals surface area contributed by atoms with E-state index in [0.29, 0.717) is 17.7 Å². The third-order valence-corrected chi connectivity index (χ3v) is 5.52. The fourth-order valence-electron chi connectivity index (χ4n) is 4.27. The highest BCUT2D eigenvalue weighted by atomic mass is 16.5. The Morgan fingerprint density at radius 1 is 1.20 bits per heavy atom. The Morgan fingerprint density at radius 2 is 2.16 bits per heavy atom. The van der Waals surface area contributed by atoms with Crippen molar-refractivity contribution in [2.45, 2.75) is 19.3 Å². The summed E-state index contributed by atoms with van der Waals surface area (Å²) in [4.78, 5) is 19.4. The van der Waals surface area contributed by atoms with Gasteiger partial charge in [-0.25, -0.2) is 15.0 Å². The summed E-state index contributed by atoms with van der Waals surface area (Å²) in [5.41, 5.74) is 0. The lowest BCUT2D eigenvalue weighted by atomic mass is 9.74. The van der Waals surface area contributed by atoms with E-state index < -0.39 is 0 Å². The highest BCUT2D eigenvalue weighted by molar-refractivity contribution is 5.42. The van der Waals surface area contributed by atoms with Crippen molar-refractivity contribution < 1.29 is 4.74 Å². The molecule has 4 rings (SSSR count). The molecule has 2 fully saturated rings. The van der Waals surface area contributed by atoms with Crippen molar-refractivity contribution in [1.82, 2.24) is 19.9 Å². The molecule has 2 aromatic heterocycles. The predicted octanol–water partition coefficient (Wildman–Crippen LogP) is 2.24. The third kappa shape index (κ3) is 3.50. The van der Waals surface area contributed by atoms with E-state index in [9.17, 15) is 0 Å². The van der Waals surface area contributed by atoms with Crippen molar-refractivity contribution in [3.05, 3.63) is 31.0 Å². The van der Waals surface area contributed by atoms with Crippen LogP contribution in [-0.2, 0) is 0 Å². The average Bonchev–Trinajstić information content (AvgIpc) is 3.12. The van der Waals surface area contributed by atoms with E-state index in [1.165, 1.54) is 19.3 Å². The quantitative estimate of drug-likeness (QED) is 0.894. The number of nitrogens with zero attached hydrogens (tertiary/aromatic N) is 5. The van der Waals surface area contributed by atoms with Gasteiger partial charge in [0.2, 0.25) is 5.88 Å². The van der Waals surface area contributed by atoms with E-state index in [0.717, 1.165) is 37.2 Å². The Balaban J connectivity index is 1.43. The maximum atomic E-state index is 5.24. The van der Waals surface area contributed by atoms with Crippen molar-refractivity contribution in [3.8, 4) is 5.88 Å². The number of hydrogen-bond donors (Lipinski definition) is 1. The first-order valence-electron chi connectivity index (χ1n) is 8.94. The van der Waals surface area contributed by atoms with E-state index in [1.807, 2.05) is 6.07 Å². The van der Waals surface area contributed by atoms with Crippen LogP contribution >= 0.6 is 0 Å². The Kier molecular flexibility index (Phi) is 4.63. The number of aromatic nitrogens is 4. The zero-order chi connectivity index (χ0) is 17.1. The number of ether oxygens (including phenoxy) is 1. The molecule has 1 aliphatic carbocycles. The van der Waals surface area contributed by atoms with Gasteiger partial charge in [0.15, 0.2) is 0 Å². The number of methoxy groups -OCH3 is 1. The minimum atomic E-state index is 0.626. The van der Waals surface area contributed by atoms with Crippen molar-refractivity contribution in [2.24, 2.45) is 17.8 Å². The third-order valence-electron chi connectivity index (χ3n) is 5.52. The van der Waals surface area contributed by atoms with Crippen molar-refractivity contribution in [1.29, 1.82) is 0 Å². The molecule has 7 heteroatoms. The average molecular weight is 340 g/mol. The van der Waals surface area contributed by atoms with Gasteiger partial charge in [0.25, 0.3) is 0 Å². The molecule has 1 aliphatic heterocycles.